The van der Waals surface area contributed by atoms with E-state index < -0.39 is 16.2 Å². The van der Waals surface area contributed by atoms with Crippen LogP contribution in [-0.2, 0) is 19.3 Å². The van der Waals surface area contributed by atoms with E-state index in [0.29, 0.717) is 5.56 Å². The zero-order valence-electron chi connectivity index (χ0n) is 8.73. The van der Waals surface area contributed by atoms with Crippen molar-refractivity contribution < 1.29 is 17.4 Å². The lowest BCUT2D eigenvalue weighted by Crippen LogP contribution is -2.36. The van der Waals surface area contributed by atoms with Gasteiger partial charge in [-0.1, -0.05) is 12.1 Å². The molecular weight excluding hydrogens is 357 g/mol. The molecule has 0 aliphatic carbocycles. The molecule has 0 saturated heterocycles. The molecule has 0 radical (unpaired) electrons. The first-order valence-electron chi connectivity index (χ1n) is 4.62. The predicted octanol–water partition coefficient (Wildman–Crippen LogP) is 1.41. The molecular formula is C10H8INO4S. The number of carbonyl (C=O) groups excluding carboxylic acids is 1. The van der Waals surface area contributed by atoms with Gasteiger partial charge in [0.05, 0.1) is 5.57 Å². The molecule has 0 saturated carbocycles. The molecule has 0 aromatic heterocycles. The zero-order valence-corrected chi connectivity index (χ0v) is 11.7. The predicted molar refractivity (Wildman–Crippen MR) is 69.9 cm³/mol. The summed E-state index contributed by atoms with van der Waals surface area (Å²) in [4.78, 5) is 11.4. The molecule has 1 aromatic rings. The molecule has 17 heavy (non-hydrogen) atoms. The summed E-state index contributed by atoms with van der Waals surface area (Å²) < 4.78 is 30.1. The first-order chi connectivity index (χ1) is 7.89. The maximum atomic E-state index is 11.4. The van der Waals surface area contributed by atoms with Crippen molar-refractivity contribution in [1.29, 1.82) is 0 Å². The van der Waals surface area contributed by atoms with Crippen LogP contribution in [0.1, 0.15) is 12.5 Å². The summed E-state index contributed by atoms with van der Waals surface area (Å²) in [5.74, 6) is -0.588. The molecule has 0 bridgehead atoms. The molecule has 1 N–H and O–H groups in total. The molecule has 7 heteroatoms. The second-order valence-electron chi connectivity index (χ2n) is 3.43. The van der Waals surface area contributed by atoms with Crippen molar-refractivity contribution in [2.75, 3.05) is 0 Å². The molecule has 1 aliphatic rings. The molecule has 0 spiro atoms. The van der Waals surface area contributed by atoms with Crippen LogP contribution in [0, 0.1) is 3.57 Å². The van der Waals surface area contributed by atoms with Gasteiger partial charge in [0.1, 0.15) is 0 Å². The van der Waals surface area contributed by atoms with E-state index in [4.69, 9.17) is 4.18 Å². The average Bonchev–Trinajstić information content (AvgIpc) is 2.24. The van der Waals surface area contributed by atoms with E-state index in [-0.39, 0.29) is 11.3 Å². The molecule has 1 heterocycles. The van der Waals surface area contributed by atoms with Crippen molar-refractivity contribution in [2.45, 2.75) is 6.92 Å². The molecule has 0 fully saturated rings. The van der Waals surface area contributed by atoms with Gasteiger partial charge in [-0.2, -0.15) is 8.42 Å². The Morgan fingerprint density at radius 2 is 1.82 bits per heavy atom. The Morgan fingerprint density at radius 3 is 2.41 bits per heavy atom. The van der Waals surface area contributed by atoms with Crippen molar-refractivity contribution in [3.05, 3.63) is 39.0 Å². The van der Waals surface area contributed by atoms with E-state index in [2.05, 4.69) is 22.6 Å². The van der Waals surface area contributed by atoms with Crippen LogP contribution in [0.4, 0.5) is 0 Å². The highest BCUT2D eigenvalue weighted by Gasteiger charge is 2.29. The van der Waals surface area contributed by atoms with Crippen molar-refractivity contribution in [3.8, 4) is 0 Å². The molecule has 1 aromatic carbocycles. The third-order valence-electron chi connectivity index (χ3n) is 2.20. The van der Waals surface area contributed by atoms with Crippen molar-refractivity contribution in [2.24, 2.45) is 0 Å². The van der Waals surface area contributed by atoms with Crippen LogP contribution in [0.15, 0.2) is 29.8 Å². The summed E-state index contributed by atoms with van der Waals surface area (Å²) in [5, 5.41) is 0. The lowest BCUT2D eigenvalue weighted by atomic mass is 10.1. The number of amides is 1. The van der Waals surface area contributed by atoms with E-state index in [1.165, 1.54) is 6.92 Å². The Bertz CT molecular complexity index is 604. The average molecular weight is 365 g/mol. The highest BCUT2D eigenvalue weighted by molar-refractivity contribution is 14.1. The number of nitrogens with one attached hydrogen (secondary N) is 1. The van der Waals surface area contributed by atoms with Crippen molar-refractivity contribution in [1.82, 2.24) is 4.72 Å². The van der Waals surface area contributed by atoms with Crippen LogP contribution in [0.25, 0.3) is 5.76 Å². The van der Waals surface area contributed by atoms with Crippen molar-refractivity contribution >= 4 is 44.6 Å². The molecule has 2 rings (SSSR count). The topological polar surface area (TPSA) is 72.5 Å². The minimum absolute atomic E-state index is 0.0742. The summed E-state index contributed by atoms with van der Waals surface area (Å²) >= 11 is 2.13. The van der Waals surface area contributed by atoms with Gasteiger partial charge < -0.3 is 4.18 Å². The van der Waals surface area contributed by atoms with Gasteiger partial charge in [0.2, 0.25) is 0 Å². The highest BCUT2D eigenvalue weighted by Crippen LogP contribution is 2.26. The van der Waals surface area contributed by atoms with E-state index in [0.717, 1.165) is 3.57 Å². The van der Waals surface area contributed by atoms with Crippen LogP contribution in [0.2, 0.25) is 0 Å². The Balaban J connectivity index is 2.53. The SMILES string of the molecule is CC1=C(c2ccc(I)cc2)OS(=O)(=O)NC1=O. The first-order valence-corrected chi connectivity index (χ1v) is 7.11. The van der Waals surface area contributed by atoms with Crippen LogP contribution in [-0.4, -0.2) is 14.3 Å². The lowest BCUT2D eigenvalue weighted by molar-refractivity contribution is -0.116. The summed E-state index contributed by atoms with van der Waals surface area (Å²) in [5.41, 5.74) is 0.794. The lowest BCUT2D eigenvalue weighted by Gasteiger charge is -2.18. The van der Waals surface area contributed by atoms with Crippen LogP contribution < -0.4 is 4.72 Å². The third kappa shape index (κ3) is 2.60. The largest absolute Gasteiger partial charge is 0.410 e. The van der Waals surface area contributed by atoms with Gasteiger partial charge in [-0.05, 0) is 41.6 Å². The molecule has 1 amide bonds. The van der Waals surface area contributed by atoms with Gasteiger partial charge >= 0.3 is 10.3 Å². The molecule has 1 aliphatic heterocycles. The minimum atomic E-state index is -4.03. The monoisotopic (exact) mass is 365 g/mol. The summed E-state index contributed by atoms with van der Waals surface area (Å²) in [6.07, 6.45) is 0. The van der Waals surface area contributed by atoms with Crippen LogP contribution in [0.3, 0.4) is 0 Å². The van der Waals surface area contributed by atoms with E-state index in [1.54, 1.807) is 29.0 Å². The Hall–Kier alpha value is -1.09. The van der Waals surface area contributed by atoms with E-state index in [1.807, 2.05) is 0 Å². The Kier molecular flexibility index (Phi) is 3.13. The number of rotatable bonds is 1. The van der Waals surface area contributed by atoms with Crippen LogP contribution >= 0.6 is 22.6 Å². The number of halogens is 1. The molecule has 0 unspecified atom stereocenters. The maximum absolute atomic E-state index is 11.4. The molecule has 90 valence electrons. The molecule has 5 nitrogen and oxygen atoms in total. The standard InChI is InChI=1S/C10H8INO4S/c1-6-9(7-2-4-8(11)5-3-7)16-17(14,15)12-10(6)13/h2-5H,1H3,(H,12,13). The number of hydrogen-bond acceptors (Lipinski definition) is 4. The summed E-state index contributed by atoms with van der Waals surface area (Å²) in [6.45, 7) is 1.51. The third-order valence-corrected chi connectivity index (χ3v) is 3.74. The van der Waals surface area contributed by atoms with Gasteiger partial charge in [0, 0.05) is 9.13 Å². The van der Waals surface area contributed by atoms with Gasteiger partial charge in [0.15, 0.2) is 5.76 Å². The minimum Gasteiger partial charge on any atom is -0.366 e. The van der Waals surface area contributed by atoms with Gasteiger partial charge in [-0.25, -0.2) is 4.72 Å². The van der Waals surface area contributed by atoms with Gasteiger partial charge in [-0.3, -0.25) is 4.79 Å². The summed E-state index contributed by atoms with van der Waals surface area (Å²) in [7, 11) is -4.03. The number of hydrogen-bond donors (Lipinski definition) is 1. The van der Waals surface area contributed by atoms with Crippen LogP contribution in [0.5, 0.6) is 0 Å². The van der Waals surface area contributed by atoms with E-state index in [9.17, 15) is 13.2 Å². The van der Waals surface area contributed by atoms with Gasteiger partial charge in [-0.15, -0.1) is 0 Å². The second-order valence-corrected chi connectivity index (χ2v) is 5.95. The van der Waals surface area contributed by atoms with Crippen molar-refractivity contribution in [3.63, 3.8) is 0 Å². The fourth-order valence-electron chi connectivity index (χ4n) is 1.35. The maximum Gasteiger partial charge on any atom is 0.410 e. The number of benzene rings is 1. The molecule has 0 atom stereocenters. The Morgan fingerprint density at radius 1 is 1.24 bits per heavy atom. The van der Waals surface area contributed by atoms with Gasteiger partial charge in [0.25, 0.3) is 5.91 Å². The van der Waals surface area contributed by atoms with E-state index >= 15 is 0 Å². The fourth-order valence-corrected chi connectivity index (χ4v) is 2.57. The summed E-state index contributed by atoms with van der Waals surface area (Å²) in [6, 6.07) is 7.01. The quantitative estimate of drug-likeness (QED) is 0.764. The zero-order chi connectivity index (χ0) is 12.6. The second kappa shape index (κ2) is 4.30. The fraction of sp³-hybridized carbons (Fsp3) is 0.100. The highest BCUT2D eigenvalue weighted by atomic mass is 127. The number of carbonyl (C=O) groups is 1. The first kappa shape index (κ1) is 12.4. The Labute approximate surface area is 112 Å². The normalized spacial score (nSPS) is 18.6. The smallest absolute Gasteiger partial charge is 0.366 e.